The van der Waals surface area contributed by atoms with Crippen LogP contribution in [0, 0.1) is 0 Å². The van der Waals surface area contributed by atoms with Crippen LogP contribution in [-0.4, -0.2) is 14.3 Å². The van der Waals surface area contributed by atoms with Crippen molar-refractivity contribution in [1.82, 2.24) is 14.3 Å². The number of aryl methyl sites for hydroxylation is 1. The highest BCUT2D eigenvalue weighted by atomic mass is 79.9. The topological polar surface area (TPSA) is 39.8 Å². The second kappa shape index (κ2) is 3.48. The van der Waals surface area contributed by atoms with E-state index in [9.17, 15) is 4.79 Å². The molecule has 0 aliphatic heterocycles. The molecule has 80 valence electrons. The minimum atomic E-state index is -0.0138. The molecular formula is C10H12BrN3O. The Morgan fingerprint density at radius 1 is 1.47 bits per heavy atom. The van der Waals surface area contributed by atoms with E-state index in [4.69, 9.17) is 0 Å². The van der Waals surface area contributed by atoms with Gasteiger partial charge in [0.2, 0.25) is 0 Å². The highest BCUT2D eigenvalue weighted by Crippen LogP contribution is 2.23. The molecule has 0 radical (unpaired) electrons. The summed E-state index contributed by atoms with van der Waals surface area (Å²) in [5, 5.41) is 4.88. The first kappa shape index (κ1) is 10.4. The monoisotopic (exact) mass is 269 g/mol. The van der Waals surface area contributed by atoms with E-state index >= 15 is 0 Å². The SMILES string of the molecule is CC(C)n1ncc2c(=O)n(C)cc(Br)c21. The van der Waals surface area contributed by atoms with Crippen LogP contribution in [0.2, 0.25) is 0 Å². The molecule has 2 rings (SSSR count). The van der Waals surface area contributed by atoms with Crippen LogP contribution in [-0.2, 0) is 7.05 Å². The van der Waals surface area contributed by atoms with Crippen molar-refractivity contribution >= 4 is 26.8 Å². The van der Waals surface area contributed by atoms with Crippen molar-refractivity contribution in [3.05, 3.63) is 27.2 Å². The molecule has 15 heavy (non-hydrogen) atoms. The number of hydrogen-bond acceptors (Lipinski definition) is 2. The first-order valence-electron chi connectivity index (χ1n) is 4.74. The fraction of sp³-hybridized carbons (Fsp3) is 0.400. The summed E-state index contributed by atoms with van der Waals surface area (Å²) in [5.74, 6) is 0. The molecule has 0 aliphatic carbocycles. The van der Waals surface area contributed by atoms with Gasteiger partial charge in [0.1, 0.15) is 0 Å². The zero-order valence-corrected chi connectivity index (χ0v) is 10.4. The number of hydrogen-bond donors (Lipinski definition) is 0. The molecule has 0 N–H and O–H groups in total. The Morgan fingerprint density at radius 2 is 2.13 bits per heavy atom. The van der Waals surface area contributed by atoms with Gasteiger partial charge in [0, 0.05) is 19.3 Å². The average Bonchev–Trinajstić information content (AvgIpc) is 2.58. The second-order valence-electron chi connectivity index (χ2n) is 3.84. The molecule has 0 atom stereocenters. The Hall–Kier alpha value is -1.10. The van der Waals surface area contributed by atoms with Gasteiger partial charge in [-0.05, 0) is 29.8 Å². The van der Waals surface area contributed by atoms with E-state index in [0.717, 1.165) is 9.99 Å². The number of fused-ring (bicyclic) bond motifs is 1. The zero-order chi connectivity index (χ0) is 11.2. The van der Waals surface area contributed by atoms with Crippen molar-refractivity contribution < 1.29 is 0 Å². The van der Waals surface area contributed by atoms with Crippen molar-refractivity contribution in [2.75, 3.05) is 0 Å². The molecule has 0 bridgehead atoms. The Labute approximate surface area is 95.6 Å². The van der Waals surface area contributed by atoms with Crippen molar-refractivity contribution in [2.45, 2.75) is 19.9 Å². The molecule has 4 nitrogen and oxygen atoms in total. The van der Waals surface area contributed by atoms with Crippen molar-refractivity contribution in [3.63, 3.8) is 0 Å². The highest BCUT2D eigenvalue weighted by Gasteiger charge is 2.12. The number of pyridine rings is 1. The maximum Gasteiger partial charge on any atom is 0.261 e. The molecular weight excluding hydrogens is 258 g/mol. The van der Waals surface area contributed by atoms with E-state index < -0.39 is 0 Å². The zero-order valence-electron chi connectivity index (χ0n) is 8.86. The summed E-state index contributed by atoms with van der Waals surface area (Å²) in [6, 6.07) is 0.242. The molecule has 0 aliphatic rings. The Balaban J connectivity index is 2.93. The third-order valence-electron chi connectivity index (χ3n) is 2.37. The van der Waals surface area contributed by atoms with Crippen LogP contribution >= 0.6 is 15.9 Å². The van der Waals surface area contributed by atoms with Crippen molar-refractivity contribution in [3.8, 4) is 0 Å². The van der Waals surface area contributed by atoms with Crippen molar-refractivity contribution in [1.29, 1.82) is 0 Å². The third-order valence-corrected chi connectivity index (χ3v) is 2.95. The van der Waals surface area contributed by atoms with Gasteiger partial charge in [-0.2, -0.15) is 5.10 Å². The summed E-state index contributed by atoms with van der Waals surface area (Å²) in [6.45, 7) is 4.08. The second-order valence-corrected chi connectivity index (χ2v) is 4.69. The molecule has 0 unspecified atom stereocenters. The van der Waals surface area contributed by atoms with Crippen LogP contribution in [0.3, 0.4) is 0 Å². The molecule has 2 heterocycles. The fourth-order valence-electron chi connectivity index (χ4n) is 1.63. The van der Waals surface area contributed by atoms with Gasteiger partial charge in [0.05, 0.1) is 21.6 Å². The largest absolute Gasteiger partial charge is 0.317 e. The van der Waals surface area contributed by atoms with Gasteiger partial charge in [-0.25, -0.2) is 0 Å². The minimum Gasteiger partial charge on any atom is -0.317 e. The number of halogens is 1. The molecule has 0 saturated carbocycles. The van der Waals surface area contributed by atoms with Crippen LogP contribution in [0.5, 0.6) is 0 Å². The standard InChI is InChI=1S/C10H12BrN3O/c1-6(2)14-9-7(4-12-14)10(15)13(3)5-8(9)11/h4-6H,1-3H3. The van der Waals surface area contributed by atoms with Gasteiger partial charge in [-0.3, -0.25) is 9.48 Å². The lowest BCUT2D eigenvalue weighted by Crippen LogP contribution is -2.16. The highest BCUT2D eigenvalue weighted by molar-refractivity contribution is 9.10. The van der Waals surface area contributed by atoms with Gasteiger partial charge >= 0.3 is 0 Å². The van der Waals surface area contributed by atoms with Gasteiger partial charge in [-0.15, -0.1) is 0 Å². The lowest BCUT2D eigenvalue weighted by atomic mass is 10.3. The summed E-state index contributed by atoms with van der Waals surface area (Å²) in [7, 11) is 1.74. The van der Waals surface area contributed by atoms with E-state index in [1.165, 1.54) is 0 Å². The minimum absolute atomic E-state index is 0.0138. The molecule has 2 aromatic rings. The van der Waals surface area contributed by atoms with Crippen LogP contribution in [0.1, 0.15) is 19.9 Å². The normalized spacial score (nSPS) is 11.5. The van der Waals surface area contributed by atoms with Gasteiger partial charge in [0.15, 0.2) is 0 Å². The van der Waals surface area contributed by atoms with Crippen LogP contribution in [0.15, 0.2) is 21.7 Å². The van der Waals surface area contributed by atoms with Crippen LogP contribution in [0.4, 0.5) is 0 Å². The average molecular weight is 270 g/mol. The van der Waals surface area contributed by atoms with Crippen LogP contribution in [0.25, 0.3) is 10.9 Å². The van der Waals surface area contributed by atoms with E-state index in [2.05, 4.69) is 21.0 Å². The predicted molar refractivity (Wildman–Crippen MR) is 63.1 cm³/mol. The maximum atomic E-state index is 11.8. The fourth-order valence-corrected chi connectivity index (χ4v) is 2.33. The Bertz CT molecular complexity index is 568. The molecule has 0 aromatic carbocycles. The lowest BCUT2D eigenvalue weighted by molar-refractivity contribution is 0.550. The van der Waals surface area contributed by atoms with E-state index in [0.29, 0.717) is 5.39 Å². The van der Waals surface area contributed by atoms with Gasteiger partial charge < -0.3 is 4.57 Å². The first-order chi connectivity index (χ1) is 7.02. The molecule has 0 spiro atoms. The number of nitrogens with zero attached hydrogens (tertiary/aromatic N) is 3. The van der Waals surface area contributed by atoms with E-state index in [1.54, 1.807) is 24.0 Å². The lowest BCUT2D eigenvalue weighted by Gasteiger charge is -2.08. The number of rotatable bonds is 1. The summed E-state index contributed by atoms with van der Waals surface area (Å²) in [6.07, 6.45) is 3.40. The Morgan fingerprint density at radius 3 is 2.73 bits per heavy atom. The summed E-state index contributed by atoms with van der Waals surface area (Å²) in [4.78, 5) is 11.8. The first-order valence-corrected chi connectivity index (χ1v) is 5.54. The quantitative estimate of drug-likeness (QED) is 0.795. The Kier molecular flexibility index (Phi) is 2.42. The molecule has 0 saturated heterocycles. The van der Waals surface area contributed by atoms with Gasteiger partial charge in [0.25, 0.3) is 5.56 Å². The maximum absolute atomic E-state index is 11.8. The van der Waals surface area contributed by atoms with E-state index in [1.807, 2.05) is 18.5 Å². The summed E-state index contributed by atoms with van der Waals surface area (Å²) in [5.41, 5.74) is 0.855. The van der Waals surface area contributed by atoms with Crippen LogP contribution < -0.4 is 5.56 Å². The molecule has 2 aromatic heterocycles. The smallest absolute Gasteiger partial charge is 0.261 e. The van der Waals surface area contributed by atoms with Gasteiger partial charge in [-0.1, -0.05) is 0 Å². The predicted octanol–water partition coefficient (Wildman–Crippen LogP) is 2.08. The third kappa shape index (κ3) is 1.51. The number of aromatic nitrogens is 3. The summed E-state index contributed by atoms with van der Waals surface area (Å²) >= 11 is 3.46. The molecule has 0 fully saturated rings. The molecule has 5 heteroatoms. The molecule has 0 amide bonds. The van der Waals surface area contributed by atoms with Crippen molar-refractivity contribution in [2.24, 2.45) is 7.05 Å². The summed E-state index contributed by atoms with van der Waals surface area (Å²) < 4.78 is 4.30. The van der Waals surface area contributed by atoms with E-state index in [-0.39, 0.29) is 11.6 Å².